The van der Waals surface area contributed by atoms with Crippen molar-refractivity contribution in [3.63, 3.8) is 0 Å². The molecule has 0 aromatic heterocycles. The van der Waals surface area contributed by atoms with Crippen LogP contribution in [0.4, 0.5) is 0 Å². The molecule has 0 radical (unpaired) electrons. The van der Waals surface area contributed by atoms with Crippen molar-refractivity contribution in [2.24, 2.45) is 5.92 Å². The van der Waals surface area contributed by atoms with E-state index in [1.54, 1.807) is 0 Å². The third-order valence-corrected chi connectivity index (χ3v) is 3.61. The molecular weight excluding hydrogens is 250 g/mol. The number of carbonyl (C=O) groups is 1. The van der Waals surface area contributed by atoms with Crippen molar-refractivity contribution >= 4 is 5.97 Å². The summed E-state index contributed by atoms with van der Waals surface area (Å²) in [6.07, 6.45) is 2.50. The average molecular weight is 271 g/mol. The molecule has 1 unspecified atom stereocenters. The van der Waals surface area contributed by atoms with Crippen LogP contribution >= 0.6 is 0 Å². The van der Waals surface area contributed by atoms with Crippen molar-refractivity contribution < 1.29 is 9.53 Å². The fourth-order valence-electron chi connectivity index (χ4n) is 2.50. The van der Waals surface area contributed by atoms with Gasteiger partial charge in [0.25, 0.3) is 0 Å². The van der Waals surface area contributed by atoms with Crippen molar-refractivity contribution in [1.29, 1.82) is 0 Å². The standard InChI is InChI=1S/C17H21NO2/c1-20-17(19)13-16-10-12-18(14-16)11-6-5-9-15-7-3-2-4-8-15/h2-4,7-8,16H,6,10-14H2,1H3. The van der Waals surface area contributed by atoms with Gasteiger partial charge in [-0.3, -0.25) is 4.79 Å². The number of methoxy groups -OCH3 is 1. The molecule has 0 bridgehead atoms. The molecule has 1 aromatic carbocycles. The number of ether oxygens (including phenoxy) is 1. The Morgan fingerprint density at radius 1 is 1.40 bits per heavy atom. The third-order valence-electron chi connectivity index (χ3n) is 3.61. The number of nitrogens with zero attached hydrogens (tertiary/aromatic N) is 1. The van der Waals surface area contributed by atoms with Crippen molar-refractivity contribution in [2.75, 3.05) is 26.7 Å². The normalized spacial score (nSPS) is 18.4. The van der Waals surface area contributed by atoms with Gasteiger partial charge in [0.05, 0.1) is 7.11 Å². The fourth-order valence-corrected chi connectivity index (χ4v) is 2.50. The van der Waals surface area contributed by atoms with E-state index in [1.807, 2.05) is 30.3 Å². The van der Waals surface area contributed by atoms with Gasteiger partial charge < -0.3 is 9.64 Å². The van der Waals surface area contributed by atoms with Crippen LogP contribution in [0.15, 0.2) is 30.3 Å². The number of esters is 1. The van der Waals surface area contributed by atoms with Crippen molar-refractivity contribution in [2.45, 2.75) is 19.3 Å². The Labute approximate surface area is 120 Å². The average Bonchev–Trinajstić information content (AvgIpc) is 2.92. The van der Waals surface area contributed by atoms with Crippen molar-refractivity contribution in [3.05, 3.63) is 35.9 Å². The highest BCUT2D eigenvalue weighted by molar-refractivity contribution is 5.69. The Kier molecular flexibility index (Phi) is 5.64. The van der Waals surface area contributed by atoms with Gasteiger partial charge >= 0.3 is 5.97 Å². The first-order chi connectivity index (χ1) is 9.78. The highest BCUT2D eigenvalue weighted by Crippen LogP contribution is 2.19. The Morgan fingerprint density at radius 3 is 2.95 bits per heavy atom. The van der Waals surface area contributed by atoms with E-state index in [0.29, 0.717) is 12.3 Å². The summed E-state index contributed by atoms with van der Waals surface area (Å²) >= 11 is 0. The SMILES string of the molecule is COC(=O)CC1CCN(CCC#Cc2ccccc2)C1. The van der Waals surface area contributed by atoms with Gasteiger partial charge in [0.2, 0.25) is 0 Å². The second-order valence-electron chi connectivity index (χ2n) is 5.15. The molecule has 2 rings (SSSR count). The zero-order valence-electron chi connectivity index (χ0n) is 12.0. The molecule has 1 aliphatic heterocycles. The quantitative estimate of drug-likeness (QED) is 0.622. The van der Waals surface area contributed by atoms with E-state index < -0.39 is 0 Å². The lowest BCUT2D eigenvalue weighted by atomic mass is 10.1. The largest absolute Gasteiger partial charge is 0.469 e. The van der Waals surface area contributed by atoms with Gasteiger partial charge in [-0.15, -0.1) is 0 Å². The molecule has 1 atom stereocenters. The third kappa shape index (κ3) is 4.71. The van der Waals surface area contributed by atoms with Gasteiger partial charge in [0, 0.05) is 31.5 Å². The molecule has 106 valence electrons. The summed E-state index contributed by atoms with van der Waals surface area (Å²) in [5, 5.41) is 0. The van der Waals surface area contributed by atoms with Crippen LogP contribution in [0.1, 0.15) is 24.8 Å². The van der Waals surface area contributed by atoms with Gasteiger partial charge in [-0.25, -0.2) is 0 Å². The molecule has 3 nitrogen and oxygen atoms in total. The summed E-state index contributed by atoms with van der Waals surface area (Å²) in [5.74, 6) is 6.73. The highest BCUT2D eigenvalue weighted by atomic mass is 16.5. The Hall–Kier alpha value is -1.79. The molecule has 0 N–H and O–H groups in total. The summed E-state index contributed by atoms with van der Waals surface area (Å²) < 4.78 is 4.72. The smallest absolute Gasteiger partial charge is 0.305 e. The van der Waals surface area contributed by atoms with Crippen molar-refractivity contribution in [3.8, 4) is 11.8 Å². The molecule has 0 spiro atoms. The van der Waals surface area contributed by atoms with Crippen LogP contribution < -0.4 is 0 Å². The van der Waals surface area contributed by atoms with Gasteiger partial charge in [-0.1, -0.05) is 30.0 Å². The van der Waals surface area contributed by atoms with E-state index in [1.165, 1.54) is 7.11 Å². The van der Waals surface area contributed by atoms with E-state index in [9.17, 15) is 4.79 Å². The zero-order valence-corrected chi connectivity index (χ0v) is 12.0. The first kappa shape index (κ1) is 14.6. The summed E-state index contributed by atoms with van der Waals surface area (Å²) in [7, 11) is 1.45. The Bertz CT molecular complexity index is 487. The van der Waals surface area contributed by atoms with Crippen LogP contribution in [0.25, 0.3) is 0 Å². The number of benzene rings is 1. The number of rotatable bonds is 4. The molecule has 1 saturated heterocycles. The Morgan fingerprint density at radius 2 is 2.20 bits per heavy atom. The minimum atomic E-state index is -0.0966. The maximum atomic E-state index is 11.2. The van der Waals surface area contributed by atoms with E-state index in [0.717, 1.165) is 38.0 Å². The molecule has 0 saturated carbocycles. The first-order valence-electron chi connectivity index (χ1n) is 7.11. The van der Waals surface area contributed by atoms with Crippen LogP contribution in [0.3, 0.4) is 0 Å². The number of hydrogen-bond acceptors (Lipinski definition) is 3. The molecule has 0 amide bonds. The topological polar surface area (TPSA) is 29.5 Å². The number of likely N-dealkylation sites (tertiary alicyclic amines) is 1. The van der Waals surface area contributed by atoms with Crippen LogP contribution in [0.2, 0.25) is 0 Å². The number of carbonyl (C=O) groups excluding carboxylic acids is 1. The van der Waals surface area contributed by atoms with Crippen molar-refractivity contribution in [1.82, 2.24) is 4.90 Å². The fraction of sp³-hybridized carbons (Fsp3) is 0.471. The van der Waals surface area contributed by atoms with Crippen LogP contribution in [-0.2, 0) is 9.53 Å². The van der Waals surface area contributed by atoms with Gasteiger partial charge in [0.15, 0.2) is 0 Å². The number of hydrogen-bond donors (Lipinski definition) is 0. The summed E-state index contributed by atoms with van der Waals surface area (Å²) in [4.78, 5) is 13.6. The second kappa shape index (κ2) is 7.72. The van der Waals surface area contributed by atoms with Gasteiger partial charge in [-0.2, -0.15) is 0 Å². The molecule has 1 aromatic rings. The summed E-state index contributed by atoms with van der Waals surface area (Å²) in [6.45, 7) is 3.04. The predicted octanol–water partition coefficient (Wildman–Crippen LogP) is 2.31. The van der Waals surface area contributed by atoms with Crippen LogP contribution in [0.5, 0.6) is 0 Å². The first-order valence-corrected chi connectivity index (χ1v) is 7.11. The lowest BCUT2D eigenvalue weighted by Gasteiger charge is -2.13. The molecule has 3 heteroatoms. The van der Waals surface area contributed by atoms with Crippen LogP contribution in [0, 0.1) is 17.8 Å². The maximum absolute atomic E-state index is 11.2. The van der Waals surface area contributed by atoms with Gasteiger partial charge in [-0.05, 0) is 31.0 Å². The molecule has 1 aliphatic rings. The highest BCUT2D eigenvalue weighted by Gasteiger charge is 2.24. The van der Waals surface area contributed by atoms with E-state index in [-0.39, 0.29) is 5.97 Å². The molecule has 1 fully saturated rings. The monoisotopic (exact) mass is 271 g/mol. The van der Waals surface area contributed by atoms with E-state index >= 15 is 0 Å². The minimum absolute atomic E-state index is 0.0966. The minimum Gasteiger partial charge on any atom is -0.469 e. The Balaban J connectivity index is 1.69. The van der Waals surface area contributed by atoms with E-state index in [2.05, 4.69) is 16.7 Å². The molecule has 1 heterocycles. The summed E-state index contributed by atoms with van der Waals surface area (Å²) in [5.41, 5.74) is 1.07. The predicted molar refractivity (Wildman–Crippen MR) is 79.1 cm³/mol. The lowest BCUT2D eigenvalue weighted by molar-refractivity contribution is -0.141. The van der Waals surface area contributed by atoms with E-state index in [4.69, 9.17) is 4.74 Å². The maximum Gasteiger partial charge on any atom is 0.305 e. The zero-order chi connectivity index (χ0) is 14.2. The second-order valence-corrected chi connectivity index (χ2v) is 5.15. The lowest BCUT2D eigenvalue weighted by Crippen LogP contribution is -2.22. The molecule has 20 heavy (non-hydrogen) atoms. The van der Waals surface area contributed by atoms with Crippen LogP contribution in [-0.4, -0.2) is 37.6 Å². The van der Waals surface area contributed by atoms with Gasteiger partial charge in [0.1, 0.15) is 0 Å². The molecule has 0 aliphatic carbocycles. The summed E-state index contributed by atoms with van der Waals surface area (Å²) in [6, 6.07) is 10.0. The molecular formula is C17H21NO2.